The van der Waals surface area contributed by atoms with Crippen molar-refractivity contribution in [3.63, 3.8) is 0 Å². The van der Waals surface area contributed by atoms with Crippen molar-refractivity contribution in [3.05, 3.63) is 47.2 Å². The Morgan fingerprint density at radius 3 is 2.73 bits per heavy atom. The summed E-state index contributed by atoms with van der Waals surface area (Å²) in [5.74, 6) is 1.67. The highest BCUT2D eigenvalue weighted by Crippen LogP contribution is 2.29. The van der Waals surface area contributed by atoms with Crippen LogP contribution in [0.2, 0.25) is 0 Å². The smallest absolute Gasteiger partial charge is 0.145 e. The highest BCUT2D eigenvalue weighted by atomic mass is 32.2. The lowest BCUT2D eigenvalue weighted by Gasteiger charge is -2.19. The molecule has 0 aliphatic heterocycles. The summed E-state index contributed by atoms with van der Waals surface area (Å²) in [4.78, 5) is 7.53. The van der Waals surface area contributed by atoms with Crippen molar-refractivity contribution in [2.45, 2.75) is 18.4 Å². The van der Waals surface area contributed by atoms with E-state index >= 15 is 0 Å². The molecule has 0 fully saturated rings. The molecule has 22 heavy (non-hydrogen) atoms. The van der Waals surface area contributed by atoms with Crippen LogP contribution in [0.25, 0.3) is 0 Å². The first-order chi connectivity index (χ1) is 10.6. The van der Waals surface area contributed by atoms with Gasteiger partial charge < -0.3 is 9.64 Å². The molecule has 114 valence electrons. The molecule has 0 unspecified atom stereocenters. The average Bonchev–Trinajstić information content (AvgIpc) is 2.55. The number of ether oxygens (including phenoxy) is 1. The maximum atomic E-state index is 9.09. The summed E-state index contributed by atoms with van der Waals surface area (Å²) < 4.78 is 5.42. The lowest BCUT2D eigenvalue weighted by molar-refractivity contribution is 0.404. The first-order valence-corrected chi connectivity index (χ1v) is 8.11. The first-order valence-electron chi connectivity index (χ1n) is 6.88. The zero-order valence-corrected chi connectivity index (χ0v) is 14.1. The summed E-state index contributed by atoms with van der Waals surface area (Å²) in [7, 11) is 3.65. The molecule has 0 radical (unpaired) electrons. The van der Waals surface area contributed by atoms with Gasteiger partial charge in [-0.3, -0.25) is 0 Å². The van der Waals surface area contributed by atoms with Crippen molar-refractivity contribution in [1.29, 1.82) is 5.26 Å². The SMILES string of the molecule is COc1cc(CN(C)c2ccc(C)c(C#N)n2)ccc1SC. The van der Waals surface area contributed by atoms with Gasteiger partial charge in [0.2, 0.25) is 0 Å². The topological polar surface area (TPSA) is 49.1 Å². The van der Waals surface area contributed by atoms with Crippen LogP contribution in [0.4, 0.5) is 5.82 Å². The Morgan fingerprint density at radius 2 is 2.09 bits per heavy atom. The van der Waals surface area contributed by atoms with Crippen molar-refractivity contribution < 1.29 is 4.74 Å². The van der Waals surface area contributed by atoms with E-state index in [1.807, 2.05) is 43.3 Å². The van der Waals surface area contributed by atoms with Crippen LogP contribution in [0.3, 0.4) is 0 Å². The van der Waals surface area contributed by atoms with Gasteiger partial charge in [0.15, 0.2) is 0 Å². The number of nitrogens with zero attached hydrogens (tertiary/aromatic N) is 3. The van der Waals surface area contributed by atoms with Gasteiger partial charge in [0.25, 0.3) is 0 Å². The molecule has 0 saturated heterocycles. The molecule has 2 rings (SSSR count). The summed E-state index contributed by atoms with van der Waals surface area (Å²) in [5, 5.41) is 9.09. The highest BCUT2D eigenvalue weighted by Gasteiger charge is 2.09. The summed E-state index contributed by atoms with van der Waals surface area (Å²) in [6, 6.07) is 12.2. The number of aryl methyl sites for hydroxylation is 1. The Balaban J connectivity index is 2.22. The van der Waals surface area contributed by atoms with E-state index in [2.05, 4.69) is 23.2 Å². The molecule has 4 nitrogen and oxygen atoms in total. The van der Waals surface area contributed by atoms with E-state index in [-0.39, 0.29) is 0 Å². The van der Waals surface area contributed by atoms with Crippen LogP contribution in [0, 0.1) is 18.3 Å². The van der Waals surface area contributed by atoms with Crippen LogP contribution >= 0.6 is 11.8 Å². The number of hydrogen-bond donors (Lipinski definition) is 0. The van der Waals surface area contributed by atoms with E-state index < -0.39 is 0 Å². The lowest BCUT2D eigenvalue weighted by Crippen LogP contribution is -2.18. The van der Waals surface area contributed by atoms with Gasteiger partial charge in [0, 0.05) is 18.5 Å². The predicted molar refractivity (Wildman–Crippen MR) is 90.6 cm³/mol. The Hall–Kier alpha value is -2.19. The normalized spacial score (nSPS) is 10.1. The largest absolute Gasteiger partial charge is 0.496 e. The molecule has 0 spiro atoms. The number of rotatable bonds is 5. The molecule has 0 amide bonds. The molecule has 2 aromatic rings. The lowest BCUT2D eigenvalue weighted by atomic mass is 10.2. The third-order valence-electron chi connectivity index (χ3n) is 3.45. The van der Waals surface area contributed by atoms with E-state index in [1.165, 1.54) is 0 Å². The van der Waals surface area contributed by atoms with E-state index in [1.54, 1.807) is 18.9 Å². The molecule has 1 heterocycles. The quantitative estimate of drug-likeness (QED) is 0.789. The first kappa shape index (κ1) is 16.2. The van der Waals surface area contributed by atoms with Crippen molar-refractivity contribution in [1.82, 2.24) is 4.98 Å². The summed E-state index contributed by atoms with van der Waals surface area (Å²) >= 11 is 1.66. The number of methoxy groups -OCH3 is 1. The third-order valence-corrected chi connectivity index (χ3v) is 4.22. The van der Waals surface area contributed by atoms with Crippen LogP contribution < -0.4 is 9.64 Å². The summed E-state index contributed by atoms with van der Waals surface area (Å²) in [6.45, 7) is 2.59. The Morgan fingerprint density at radius 1 is 1.32 bits per heavy atom. The van der Waals surface area contributed by atoms with E-state index in [0.29, 0.717) is 12.2 Å². The van der Waals surface area contributed by atoms with Crippen molar-refractivity contribution >= 4 is 17.6 Å². The molecule has 0 saturated carbocycles. The van der Waals surface area contributed by atoms with E-state index in [4.69, 9.17) is 10.00 Å². The second-order valence-corrected chi connectivity index (χ2v) is 5.84. The molecule has 0 atom stereocenters. The molecule has 5 heteroatoms. The van der Waals surface area contributed by atoms with Gasteiger partial charge in [0.05, 0.1) is 7.11 Å². The van der Waals surface area contributed by atoms with Crippen LogP contribution in [0.15, 0.2) is 35.2 Å². The standard InChI is InChI=1S/C17H19N3OS/c1-12-5-8-17(19-14(12)10-18)20(2)11-13-6-7-16(22-4)15(9-13)21-3/h5-9H,11H2,1-4H3. The fraction of sp³-hybridized carbons (Fsp3) is 0.294. The number of nitriles is 1. The molecular formula is C17H19N3OS. The number of thioether (sulfide) groups is 1. The fourth-order valence-electron chi connectivity index (χ4n) is 2.18. The average molecular weight is 313 g/mol. The fourth-order valence-corrected chi connectivity index (χ4v) is 2.73. The zero-order valence-electron chi connectivity index (χ0n) is 13.3. The van der Waals surface area contributed by atoms with Gasteiger partial charge in [-0.15, -0.1) is 11.8 Å². The van der Waals surface area contributed by atoms with E-state index in [0.717, 1.165) is 27.6 Å². The monoisotopic (exact) mass is 313 g/mol. The van der Waals surface area contributed by atoms with Gasteiger partial charge in [-0.1, -0.05) is 12.1 Å². The van der Waals surface area contributed by atoms with Crippen LogP contribution in [0.5, 0.6) is 5.75 Å². The number of aromatic nitrogens is 1. The minimum Gasteiger partial charge on any atom is -0.496 e. The maximum Gasteiger partial charge on any atom is 0.145 e. The van der Waals surface area contributed by atoms with Gasteiger partial charge in [-0.2, -0.15) is 5.26 Å². The Kier molecular flexibility index (Phi) is 5.29. The second-order valence-electron chi connectivity index (χ2n) is 4.99. The number of pyridine rings is 1. The van der Waals surface area contributed by atoms with E-state index in [9.17, 15) is 0 Å². The summed E-state index contributed by atoms with van der Waals surface area (Å²) in [5.41, 5.74) is 2.50. The van der Waals surface area contributed by atoms with Crippen molar-refractivity contribution in [2.24, 2.45) is 0 Å². The molecule has 0 bridgehead atoms. The van der Waals surface area contributed by atoms with Gasteiger partial charge in [-0.25, -0.2) is 4.98 Å². The molecule has 0 N–H and O–H groups in total. The highest BCUT2D eigenvalue weighted by molar-refractivity contribution is 7.98. The van der Waals surface area contributed by atoms with Crippen LogP contribution in [-0.4, -0.2) is 25.4 Å². The number of anilines is 1. The van der Waals surface area contributed by atoms with Gasteiger partial charge in [0.1, 0.15) is 23.3 Å². The second kappa shape index (κ2) is 7.19. The molecule has 0 aliphatic carbocycles. The number of hydrogen-bond acceptors (Lipinski definition) is 5. The predicted octanol–water partition coefficient (Wildman–Crippen LogP) is 3.63. The third kappa shape index (κ3) is 3.52. The van der Waals surface area contributed by atoms with Crippen molar-refractivity contribution in [2.75, 3.05) is 25.3 Å². The minimum atomic E-state index is 0.472. The number of benzene rings is 1. The molecular weight excluding hydrogens is 294 g/mol. The minimum absolute atomic E-state index is 0.472. The summed E-state index contributed by atoms with van der Waals surface area (Å²) in [6.07, 6.45) is 2.03. The van der Waals surface area contributed by atoms with Crippen LogP contribution in [-0.2, 0) is 6.54 Å². The Labute approximate surface area is 135 Å². The molecule has 1 aromatic carbocycles. The van der Waals surface area contributed by atoms with Crippen molar-refractivity contribution in [3.8, 4) is 11.8 Å². The van der Waals surface area contributed by atoms with Crippen LogP contribution in [0.1, 0.15) is 16.8 Å². The molecule has 0 aliphatic rings. The van der Waals surface area contributed by atoms with Gasteiger partial charge >= 0.3 is 0 Å². The Bertz CT molecular complexity index is 710. The molecule has 1 aromatic heterocycles. The van der Waals surface area contributed by atoms with Gasteiger partial charge in [-0.05, 0) is 42.5 Å². The zero-order chi connectivity index (χ0) is 16.1. The maximum absolute atomic E-state index is 9.09.